The van der Waals surface area contributed by atoms with Crippen LogP contribution in [0, 0.1) is 35.5 Å². The van der Waals surface area contributed by atoms with Crippen LogP contribution in [-0.4, -0.2) is 171 Å². The van der Waals surface area contributed by atoms with Gasteiger partial charge in [-0.25, -0.2) is 4.79 Å². The van der Waals surface area contributed by atoms with Gasteiger partial charge >= 0.3 is 12.1 Å². The number of hydrogen-bond acceptors (Lipinski definition) is 15. The normalized spacial score (nSPS) is 25.4. The molecule has 3 aliphatic rings. The van der Waals surface area contributed by atoms with Crippen molar-refractivity contribution in [3.05, 3.63) is 47.6 Å². The van der Waals surface area contributed by atoms with Crippen LogP contribution in [0.3, 0.4) is 0 Å². The van der Waals surface area contributed by atoms with Crippen LogP contribution in [0.15, 0.2) is 47.6 Å². The number of carbonyl (C=O) groups excluding carboxylic acids is 5. The quantitative estimate of drug-likeness (QED) is 0.0192. The summed E-state index contributed by atoms with van der Waals surface area (Å²) < 4.78 is 77.7. The summed E-state index contributed by atoms with van der Waals surface area (Å²) in [6.07, 6.45) is 9.08. The van der Waals surface area contributed by atoms with E-state index in [1.54, 1.807) is 34.0 Å². The molecule has 2 saturated heterocycles. The van der Waals surface area contributed by atoms with Gasteiger partial charge < -0.3 is 53.4 Å². The van der Waals surface area contributed by atoms with E-state index in [0.29, 0.717) is 63.0 Å². The number of hydrogen-bond donors (Lipinski definition) is 3. The molecule has 3 N–H and O–H groups in total. The van der Waals surface area contributed by atoms with Gasteiger partial charge in [-0.1, -0.05) is 71.1 Å². The summed E-state index contributed by atoms with van der Waals surface area (Å²) in [5.74, 6) is -4.43. The average molecular weight is 1090 g/mol. The Morgan fingerprint density at radius 1 is 0.868 bits per heavy atom. The standard InChI is InChI=1S/C57H90F3NO15/c1-36(15-11-10-12-16-38(3)49(31-44-20-18-37(2)34-75-44)74-26-25-72-35-57(58,59)60)27-41(6)52(66)54(71-9)53(67)42(7)28-39(4)46(64)32-50(40(5)29-43-19-21-48(73-24-23-62)51(30-43)70-8)76-56(69)45-17-13-14-22-61(45)55(68)47(65)33-63/h10-12,15-16,28,36-37,39-41,43-45,48-51,53-54,62-63,67H,13-14,17-27,29-35H2,1-9H3/b12-10+,15-11+,38-16+,42-28+/t36-,37-,39-,40-,41-,43?,44+,45+,48-,49?,50?,51-,53-,54+/m1/s1. The maximum Gasteiger partial charge on any atom is 0.411 e. The van der Waals surface area contributed by atoms with Crippen LogP contribution < -0.4 is 0 Å². The zero-order valence-corrected chi connectivity index (χ0v) is 46.5. The van der Waals surface area contributed by atoms with Gasteiger partial charge in [-0.3, -0.25) is 19.2 Å². The average Bonchev–Trinajstić information content (AvgIpc) is 3.39. The number of piperidine rings is 1. The number of ketones is 3. The minimum absolute atomic E-state index is 0.000625. The Bertz CT molecular complexity index is 1920. The van der Waals surface area contributed by atoms with Crippen LogP contribution in [0.25, 0.3) is 0 Å². The van der Waals surface area contributed by atoms with Crippen molar-refractivity contribution < 1.29 is 85.6 Å². The van der Waals surface area contributed by atoms with E-state index >= 15 is 0 Å². The van der Waals surface area contributed by atoms with E-state index in [4.69, 9.17) is 33.2 Å². The molecule has 19 heteroatoms. The van der Waals surface area contributed by atoms with Crippen LogP contribution in [0.2, 0.25) is 0 Å². The molecule has 0 radical (unpaired) electrons. The molecule has 1 amide bonds. The lowest BCUT2D eigenvalue weighted by Crippen LogP contribution is -2.52. The van der Waals surface area contributed by atoms with Crippen LogP contribution in [0.5, 0.6) is 0 Å². The second-order valence-corrected chi connectivity index (χ2v) is 21.4. The smallest absolute Gasteiger partial charge is 0.411 e. The van der Waals surface area contributed by atoms with Crippen molar-refractivity contribution in [1.82, 2.24) is 4.90 Å². The molecule has 16 nitrogen and oxygen atoms in total. The van der Waals surface area contributed by atoms with E-state index in [1.165, 1.54) is 7.11 Å². The molecule has 0 spiro atoms. The fourth-order valence-corrected chi connectivity index (χ4v) is 10.4. The van der Waals surface area contributed by atoms with Gasteiger partial charge in [-0.2, -0.15) is 13.2 Å². The molecule has 3 fully saturated rings. The second kappa shape index (κ2) is 34.4. The summed E-state index contributed by atoms with van der Waals surface area (Å²) >= 11 is 0. The number of aliphatic hydroxyl groups is 3. The van der Waals surface area contributed by atoms with E-state index < -0.39 is 73.2 Å². The van der Waals surface area contributed by atoms with E-state index in [1.807, 2.05) is 51.2 Å². The summed E-state index contributed by atoms with van der Waals surface area (Å²) in [6, 6.07) is -1.07. The minimum Gasteiger partial charge on any atom is -0.460 e. The number of allylic oxidation sites excluding steroid dienone is 6. The Morgan fingerprint density at radius 3 is 2.25 bits per heavy atom. The van der Waals surface area contributed by atoms with Crippen molar-refractivity contribution in [2.75, 3.05) is 67.0 Å². The Hall–Kier alpha value is -3.66. The number of likely N-dealkylation sites (tertiary alicyclic amines) is 1. The molecule has 0 bridgehead atoms. The van der Waals surface area contributed by atoms with Gasteiger partial charge in [0.1, 0.15) is 43.4 Å². The molecule has 1 saturated carbocycles. The highest BCUT2D eigenvalue weighted by Gasteiger charge is 2.40. The number of aliphatic hydroxyl groups excluding tert-OH is 3. The predicted molar refractivity (Wildman–Crippen MR) is 279 cm³/mol. The first kappa shape index (κ1) is 66.6. The van der Waals surface area contributed by atoms with E-state index in [0.717, 1.165) is 29.7 Å². The number of ether oxygens (including phenoxy) is 7. The third-order valence-electron chi connectivity index (χ3n) is 14.9. The molecule has 14 atom stereocenters. The summed E-state index contributed by atoms with van der Waals surface area (Å²) in [7, 11) is 2.95. The topological polar surface area (TPSA) is 214 Å². The fraction of sp³-hybridized carbons (Fsp3) is 0.772. The number of esters is 1. The van der Waals surface area contributed by atoms with Crippen LogP contribution in [-0.2, 0) is 57.1 Å². The summed E-state index contributed by atoms with van der Waals surface area (Å²) in [4.78, 5) is 68.1. The highest BCUT2D eigenvalue weighted by atomic mass is 19.4. The van der Waals surface area contributed by atoms with Crippen molar-refractivity contribution in [1.29, 1.82) is 0 Å². The zero-order valence-electron chi connectivity index (χ0n) is 46.5. The lowest BCUT2D eigenvalue weighted by Gasteiger charge is -2.38. The van der Waals surface area contributed by atoms with Gasteiger partial charge in [0.2, 0.25) is 5.78 Å². The molecule has 434 valence electrons. The fourth-order valence-electron chi connectivity index (χ4n) is 10.4. The number of halogens is 3. The lowest BCUT2D eigenvalue weighted by atomic mass is 9.78. The SMILES string of the molecule is CO[C@@H]1CC(C[C@@H](C)C(CC(=O)[C@H](C)/C=C(\C)[C@@H](O)[C@@H](OC)C(=O)[C@H](C)C[C@H](C)/C=C/C=C/C=C(\C)C(C[C@@H]2CC[C@@H](C)CO2)OCCOCC(F)(F)F)OC(=O)[C@@H]2CCCCN2C(=O)C(=O)CO)CC[C@H]1OCCO. The molecule has 1 aliphatic carbocycles. The minimum atomic E-state index is -4.41. The first-order valence-corrected chi connectivity index (χ1v) is 27.3. The first-order valence-electron chi connectivity index (χ1n) is 27.3. The Morgan fingerprint density at radius 2 is 1.61 bits per heavy atom. The number of nitrogens with zero attached hydrogens (tertiary/aromatic N) is 1. The molecule has 2 aliphatic heterocycles. The number of Topliss-reactive ketones (excluding diaryl/α,β-unsaturated/α-hetero) is 3. The summed E-state index contributed by atoms with van der Waals surface area (Å²) in [5.41, 5.74) is 1.22. The van der Waals surface area contributed by atoms with E-state index in [-0.39, 0.29) is 99.6 Å². The van der Waals surface area contributed by atoms with Gasteiger partial charge in [-0.05, 0) is 113 Å². The molecule has 3 unspecified atom stereocenters. The van der Waals surface area contributed by atoms with Crippen molar-refractivity contribution in [2.24, 2.45) is 35.5 Å². The third-order valence-corrected chi connectivity index (χ3v) is 14.9. The van der Waals surface area contributed by atoms with Crippen LogP contribution in [0.1, 0.15) is 126 Å². The largest absolute Gasteiger partial charge is 0.460 e. The molecule has 0 aromatic rings. The van der Waals surface area contributed by atoms with Gasteiger partial charge in [0.05, 0.1) is 50.8 Å². The maximum absolute atomic E-state index is 14.1. The van der Waals surface area contributed by atoms with E-state index in [2.05, 4.69) is 6.92 Å². The van der Waals surface area contributed by atoms with Crippen molar-refractivity contribution in [3.8, 4) is 0 Å². The molecule has 2 heterocycles. The Balaban J connectivity index is 1.67. The molecule has 0 aromatic heterocycles. The molecular weight excluding hydrogens is 996 g/mol. The predicted octanol–water partition coefficient (Wildman–Crippen LogP) is 7.44. The van der Waals surface area contributed by atoms with Crippen LogP contribution in [0.4, 0.5) is 13.2 Å². The van der Waals surface area contributed by atoms with E-state index in [9.17, 15) is 52.5 Å². The molecular formula is C57H90F3NO15. The summed E-state index contributed by atoms with van der Waals surface area (Å²) in [5, 5.41) is 30.2. The highest BCUT2D eigenvalue weighted by Crippen LogP contribution is 2.35. The maximum atomic E-state index is 14.1. The second-order valence-electron chi connectivity index (χ2n) is 21.4. The Kier molecular flexibility index (Phi) is 30.1. The Labute approximate surface area is 449 Å². The van der Waals surface area contributed by atoms with Gasteiger partial charge in [0.25, 0.3) is 5.91 Å². The molecule has 3 rings (SSSR count). The van der Waals surface area contributed by atoms with Gasteiger partial charge in [0, 0.05) is 52.0 Å². The zero-order chi connectivity index (χ0) is 56.5. The monoisotopic (exact) mass is 1090 g/mol. The summed E-state index contributed by atoms with van der Waals surface area (Å²) in [6.45, 7) is 11.3. The van der Waals surface area contributed by atoms with Gasteiger partial charge in [0.15, 0.2) is 5.78 Å². The number of rotatable bonds is 33. The van der Waals surface area contributed by atoms with Crippen molar-refractivity contribution >= 4 is 29.2 Å². The first-order chi connectivity index (χ1) is 36.0. The van der Waals surface area contributed by atoms with Crippen molar-refractivity contribution in [2.45, 2.75) is 180 Å². The van der Waals surface area contributed by atoms with Gasteiger partial charge in [-0.15, -0.1) is 0 Å². The third kappa shape index (κ3) is 23.0. The number of methoxy groups -OCH3 is 2. The van der Waals surface area contributed by atoms with Crippen LogP contribution >= 0.6 is 0 Å². The number of alkyl halides is 3. The molecule has 0 aromatic carbocycles. The highest BCUT2D eigenvalue weighted by molar-refractivity contribution is 6.37. The molecule has 76 heavy (non-hydrogen) atoms. The number of amides is 1. The van der Waals surface area contributed by atoms with Crippen molar-refractivity contribution in [3.63, 3.8) is 0 Å². The number of carbonyl (C=O) groups is 5. The lowest BCUT2D eigenvalue weighted by molar-refractivity contribution is -0.177.